The maximum absolute atomic E-state index is 12.8. The van der Waals surface area contributed by atoms with E-state index < -0.39 is 23.9 Å². The van der Waals surface area contributed by atoms with E-state index in [2.05, 4.69) is 14.9 Å². The number of halogens is 4. The lowest BCUT2D eigenvalue weighted by atomic mass is 10.1. The molecule has 10 heteroatoms. The number of nitrogens with zero attached hydrogens (tertiary/aromatic N) is 4. The van der Waals surface area contributed by atoms with Gasteiger partial charge in [-0.1, -0.05) is 41.9 Å². The van der Waals surface area contributed by atoms with Gasteiger partial charge in [0.2, 0.25) is 0 Å². The van der Waals surface area contributed by atoms with Gasteiger partial charge in [-0.2, -0.15) is 13.2 Å². The normalized spacial score (nSPS) is 18.3. The van der Waals surface area contributed by atoms with Gasteiger partial charge >= 0.3 is 12.1 Å². The molecule has 1 atom stereocenters. The number of alkyl halides is 3. The molecule has 0 amide bonds. The second kappa shape index (κ2) is 8.32. The van der Waals surface area contributed by atoms with Crippen LogP contribution in [0.4, 0.5) is 19.0 Å². The third-order valence-electron chi connectivity index (χ3n) is 4.50. The fourth-order valence-electron chi connectivity index (χ4n) is 3.25. The number of aliphatic carboxylic acids is 1. The molecule has 6 nitrogen and oxygen atoms in total. The van der Waals surface area contributed by atoms with E-state index in [0.29, 0.717) is 32.4 Å². The number of carboxylic acid groups (broad SMARTS) is 1. The molecule has 150 valence electrons. The molecule has 3 rings (SSSR count). The summed E-state index contributed by atoms with van der Waals surface area (Å²) in [7, 11) is 0. The van der Waals surface area contributed by atoms with E-state index in [1.165, 1.54) is 0 Å². The molecule has 1 saturated heterocycles. The van der Waals surface area contributed by atoms with Gasteiger partial charge in [-0.3, -0.25) is 9.69 Å². The highest BCUT2D eigenvalue weighted by atomic mass is 35.5. The first-order valence-corrected chi connectivity index (χ1v) is 8.96. The van der Waals surface area contributed by atoms with Crippen molar-refractivity contribution in [3.8, 4) is 0 Å². The van der Waals surface area contributed by atoms with E-state index in [1.807, 2.05) is 30.3 Å². The molecule has 0 unspecified atom stereocenters. The minimum absolute atomic E-state index is 0.0697. The second-order valence-corrected chi connectivity index (χ2v) is 6.89. The summed E-state index contributed by atoms with van der Waals surface area (Å²) in [6.45, 7) is 2.03. The molecule has 2 heterocycles. The van der Waals surface area contributed by atoms with Gasteiger partial charge < -0.3 is 10.0 Å². The van der Waals surface area contributed by atoms with Crippen LogP contribution in [0.25, 0.3) is 0 Å². The lowest BCUT2D eigenvalue weighted by Crippen LogP contribution is -2.54. The Morgan fingerprint density at radius 2 is 1.96 bits per heavy atom. The Morgan fingerprint density at radius 1 is 1.25 bits per heavy atom. The number of hydrogen-bond donors (Lipinski definition) is 1. The Kier molecular flexibility index (Phi) is 6.04. The first-order valence-electron chi connectivity index (χ1n) is 8.58. The number of aromatic nitrogens is 2. The van der Waals surface area contributed by atoms with Crippen molar-refractivity contribution >= 4 is 23.4 Å². The first kappa shape index (κ1) is 20.3. The van der Waals surface area contributed by atoms with Crippen LogP contribution in [0.5, 0.6) is 0 Å². The number of carboxylic acids is 1. The van der Waals surface area contributed by atoms with Gasteiger partial charge in [0, 0.05) is 26.2 Å². The van der Waals surface area contributed by atoms with Crippen LogP contribution < -0.4 is 4.90 Å². The highest BCUT2D eigenvalue weighted by molar-refractivity contribution is 6.31. The van der Waals surface area contributed by atoms with Crippen molar-refractivity contribution in [2.24, 2.45) is 0 Å². The van der Waals surface area contributed by atoms with Gasteiger partial charge in [-0.15, -0.1) is 0 Å². The fourth-order valence-corrected chi connectivity index (χ4v) is 3.50. The number of carbonyl (C=O) groups is 1. The van der Waals surface area contributed by atoms with Crippen LogP contribution in [-0.4, -0.2) is 51.6 Å². The Bertz CT molecular complexity index is 835. The quantitative estimate of drug-likeness (QED) is 0.809. The highest BCUT2D eigenvalue weighted by Crippen LogP contribution is 2.32. The average Bonchev–Trinajstić information content (AvgIpc) is 2.62. The molecule has 1 N–H and O–H groups in total. The lowest BCUT2D eigenvalue weighted by molar-refractivity contribution is -0.141. The molecule has 1 aromatic heterocycles. The molecule has 0 radical (unpaired) electrons. The number of hydrogen-bond acceptors (Lipinski definition) is 5. The van der Waals surface area contributed by atoms with Crippen LogP contribution in [0.2, 0.25) is 5.15 Å². The smallest absolute Gasteiger partial charge is 0.434 e. The minimum atomic E-state index is -4.65. The van der Waals surface area contributed by atoms with Gasteiger partial charge in [0.15, 0.2) is 16.7 Å². The number of benzene rings is 1. The van der Waals surface area contributed by atoms with Crippen LogP contribution >= 0.6 is 11.6 Å². The van der Waals surface area contributed by atoms with E-state index in [1.54, 1.807) is 4.90 Å². The molecule has 1 aromatic carbocycles. The molecule has 1 fully saturated rings. The fraction of sp³-hybridized carbons (Fsp3) is 0.389. The minimum Gasteiger partial charge on any atom is -0.481 e. The predicted molar refractivity (Wildman–Crippen MR) is 97.1 cm³/mol. The molecular formula is C18H18ClF3N4O2. The van der Waals surface area contributed by atoms with Crippen molar-refractivity contribution in [3.63, 3.8) is 0 Å². The second-order valence-electron chi connectivity index (χ2n) is 6.53. The molecule has 0 spiro atoms. The van der Waals surface area contributed by atoms with E-state index in [-0.39, 0.29) is 17.4 Å². The zero-order valence-electron chi connectivity index (χ0n) is 14.7. The third-order valence-corrected chi connectivity index (χ3v) is 4.75. The van der Waals surface area contributed by atoms with Crippen molar-refractivity contribution in [2.45, 2.75) is 25.2 Å². The van der Waals surface area contributed by atoms with Gasteiger partial charge in [0.05, 0.1) is 18.7 Å². The lowest BCUT2D eigenvalue weighted by Gasteiger charge is -2.41. The number of anilines is 1. The summed E-state index contributed by atoms with van der Waals surface area (Å²) in [5.41, 5.74) is -0.0869. The number of rotatable bonds is 5. The van der Waals surface area contributed by atoms with Crippen molar-refractivity contribution in [3.05, 3.63) is 52.9 Å². The topological polar surface area (TPSA) is 69.6 Å². The predicted octanol–water partition coefficient (Wildman–Crippen LogP) is 3.31. The zero-order valence-corrected chi connectivity index (χ0v) is 15.5. The molecule has 0 bridgehead atoms. The summed E-state index contributed by atoms with van der Waals surface area (Å²) >= 11 is 5.96. The highest BCUT2D eigenvalue weighted by Gasteiger charge is 2.36. The van der Waals surface area contributed by atoms with Crippen molar-refractivity contribution in [2.75, 3.05) is 24.5 Å². The van der Waals surface area contributed by atoms with E-state index >= 15 is 0 Å². The Labute approximate surface area is 164 Å². The Balaban J connectivity index is 1.80. The Morgan fingerprint density at radius 3 is 2.57 bits per heavy atom. The maximum Gasteiger partial charge on any atom is 0.434 e. The van der Waals surface area contributed by atoms with Crippen LogP contribution in [-0.2, 0) is 17.5 Å². The summed E-state index contributed by atoms with van der Waals surface area (Å²) in [6.07, 6.45) is -4.22. The molecule has 2 aromatic rings. The zero-order chi connectivity index (χ0) is 20.3. The van der Waals surface area contributed by atoms with Crippen LogP contribution in [0.1, 0.15) is 17.7 Å². The van der Waals surface area contributed by atoms with Gasteiger partial charge in [0.25, 0.3) is 0 Å². The molecule has 28 heavy (non-hydrogen) atoms. The molecule has 0 aliphatic carbocycles. The summed E-state index contributed by atoms with van der Waals surface area (Å²) in [5.74, 6) is -0.937. The van der Waals surface area contributed by atoms with Crippen molar-refractivity contribution < 1.29 is 23.1 Å². The SMILES string of the molecule is O=C(O)C[C@H]1CN(Cc2ccccc2)CCN1c1ncc(C(F)(F)F)nc1Cl. The molecule has 1 aliphatic heterocycles. The summed E-state index contributed by atoms with van der Waals surface area (Å²) < 4.78 is 38.4. The van der Waals surface area contributed by atoms with Gasteiger partial charge in [-0.05, 0) is 5.56 Å². The summed E-state index contributed by atoms with van der Waals surface area (Å²) in [5, 5.41) is 8.88. The third kappa shape index (κ3) is 4.90. The van der Waals surface area contributed by atoms with E-state index in [0.717, 1.165) is 5.56 Å². The molecule has 1 aliphatic rings. The van der Waals surface area contributed by atoms with Crippen molar-refractivity contribution in [1.82, 2.24) is 14.9 Å². The van der Waals surface area contributed by atoms with Crippen molar-refractivity contribution in [1.29, 1.82) is 0 Å². The Hall–Kier alpha value is -2.39. The summed E-state index contributed by atoms with van der Waals surface area (Å²) in [6, 6.07) is 9.25. The standard InChI is InChI=1S/C18H18ClF3N4O2/c19-16-17(23-9-14(24-16)18(20,21)22)26-7-6-25(11-13(26)8-15(27)28)10-12-4-2-1-3-5-12/h1-5,9,13H,6-8,10-11H2,(H,27,28)/t13-/m0/s1. The van der Waals surface area contributed by atoms with Gasteiger partial charge in [0.1, 0.15) is 0 Å². The molecule has 0 saturated carbocycles. The van der Waals surface area contributed by atoms with E-state index in [9.17, 15) is 23.1 Å². The van der Waals surface area contributed by atoms with Crippen LogP contribution in [0, 0.1) is 0 Å². The summed E-state index contributed by atoms with van der Waals surface area (Å²) in [4.78, 5) is 22.3. The average molecular weight is 415 g/mol. The van der Waals surface area contributed by atoms with Crippen LogP contribution in [0.15, 0.2) is 36.5 Å². The van der Waals surface area contributed by atoms with Gasteiger partial charge in [-0.25, -0.2) is 9.97 Å². The number of piperazine rings is 1. The largest absolute Gasteiger partial charge is 0.481 e. The monoisotopic (exact) mass is 414 g/mol. The maximum atomic E-state index is 12.8. The van der Waals surface area contributed by atoms with Crippen LogP contribution in [0.3, 0.4) is 0 Å². The van der Waals surface area contributed by atoms with E-state index in [4.69, 9.17) is 11.6 Å². The molecular weight excluding hydrogens is 397 g/mol. The first-order chi connectivity index (χ1) is 13.2.